The number of benzene rings is 7. The van der Waals surface area contributed by atoms with Gasteiger partial charge in [-0.05, 0) is 126 Å². The van der Waals surface area contributed by atoms with Crippen molar-refractivity contribution in [2.45, 2.75) is 51.9 Å². The molecule has 1 aromatic heterocycles. The summed E-state index contributed by atoms with van der Waals surface area (Å²) in [5.74, 6) is 0.613. The average molecular weight is 696 g/mol. The van der Waals surface area contributed by atoms with E-state index in [2.05, 4.69) is 180 Å². The minimum Gasteiger partial charge on any atom is -0.311 e. The highest BCUT2D eigenvalue weighted by Gasteiger charge is 2.44. The highest BCUT2D eigenvalue weighted by atomic mass is 15.2. The van der Waals surface area contributed by atoms with E-state index in [1.807, 2.05) is 0 Å². The van der Waals surface area contributed by atoms with Crippen molar-refractivity contribution in [1.82, 2.24) is 4.57 Å². The van der Waals surface area contributed by atoms with Crippen molar-refractivity contribution in [3.05, 3.63) is 168 Å². The first-order valence-corrected chi connectivity index (χ1v) is 19.8. The average Bonchev–Trinajstić information content (AvgIpc) is 3.54. The molecule has 54 heavy (non-hydrogen) atoms. The van der Waals surface area contributed by atoms with E-state index in [1.165, 1.54) is 127 Å². The number of rotatable bonds is 4. The number of anilines is 6. The van der Waals surface area contributed by atoms with Gasteiger partial charge in [0.25, 0.3) is 6.71 Å². The van der Waals surface area contributed by atoms with Crippen LogP contribution in [0.3, 0.4) is 0 Å². The second-order valence-corrected chi connectivity index (χ2v) is 15.7. The van der Waals surface area contributed by atoms with Gasteiger partial charge in [0.1, 0.15) is 0 Å². The van der Waals surface area contributed by atoms with Crippen molar-refractivity contribution >= 4 is 79.0 Å². The van der Waals surface area contributed by atoms with E-state index in [9.17, 15) is 0 Å². The lowest BCUT2D eigenvalue weighted by atomic mass is 9.33. The van der Waals surface area contributed by atoms with Crippen LogP contribution in [0.25, 0.3) is 27.5 Å². The molecule has 0 atom stereocenters. The van der Waals surface area contributed by atoms with Gasteiger partial charge in [-0.3, -0.25) is 0 Å². The van der Waals surface area contributed by atoms with Gasteiger partial charge in [-0.25, -0.2) is 0 Å². The molecule has 11 rings (SSSR count). The fourth-order valence-electron chi connectivity index (χ4n) is 10.1. The molecule has 0 bridgehead atoms. The van der Waals surface area contributed by atoms with Gasteiger partial charge in [0.15, 0.2) is 0 Å². The van der Waals surface area contributed by atoms with Gasteiger partial charge in [-0.2, -0.15) is 0 Å². The molecule has 1 aliphatic carbocycles. The number of nitrogens with zero attached hydrogens (tertiary/aromatic N) is 3. The second-order valence-electron chi connectivity index (χ2n) is 15.7. The van der Waals surface area contributed by atoms with Gasteiger partial charge in [0, 0.05) is 50.6 Å². The van der Waals surface area contributed by atoms with E-state index in [0.717, 1.165) is 0 Å². The van der Waals surface area contributed by atoms with E-state index in [0.29, 0.717) is 5.92 Å². The summed E-state index contributed by atoms with van der Waals surface area (Å²) >= 11 is 0. The summed E-state index contributed by atoms with van der Waals surface area (Å²) in [4.78, 5) is 5.13. The van der Waals surface area contributed by atoms with Crippen LogP contribution in [0.15, 0.2) is 152 Å². The summed E-state index contributed by atoms with van der Waals surface area (Å²) in [5, 5.41) is 2.55. The molecule has 0 N–H and O–H groups in total. The Hall–Kier alpha value is -6.00. The van der Waals surface area contributed by atoms with Gasteiger partial charge >= 0.3 is 0 Å². The van der Waals surface area contributed by atoms with E-state index in [-0.39, 0.29) is 6.71 Å². The van der Waals surface area contributed by atoms with Crippen LogP contribution >= 0.6 is 0 Å². The van der Waals surface area contributed by atoms with Crippen LogP contribution in [-0.2, 0) is 0 Å². The Labute approximate surface area is 318 Å². The Kier molecular flexibility index (Phi) is 7.17. The number of aryl methyl sites for hydroxylation is 2. The molecular formula is C50H42BN3. The molecule has 1 saturated carbocycles. The molecule has 4 heteroatoms. The molecule has 7 aromatic carbocycles. The van der Waals surface area contributed by atoms with Gasteiger partial charge in [-0.15, -0.1) is 0 Å². The Bertz CT molecular complexity index is 2760. The zero-order chi connectivity index (χ0) is 35.9. The fraction of sp³-hybridized carbons (Fsp3) is 0.160. The molecular weight excluding hydrogens is 653 g/mol. The van der Waals surface area contributed by atoms with Crippen molar-refractivity contribution in [3.63, 3.8) is 0 Å². The molecule has 8 aromatic rings. The van der Waals surface area contributed by atoms with E-state index in [1.54, 1.807) is 0 Å². The van der Waals surface area contributed by atoms with Crippen LogP contribution in [-0.4, -0.2) is 11.3 Å². The molecule has 0 unspecified atom stereocenters. The third kappa shape index (κ3) is 4.62. The molecule has 0 saturated heterocycles. The number of para-hydroxylation sites is 4. The van der Waals surface area contributed by atoms with Crippen LogP contribution < -0.4 is 26.2 Å². The Morgan fingerprint density at radius 1 is 0.463 bits per heavy atom. The quantitative estimate of drug-likeness (QED) is 0.170. The van der Waals surface area contributed by atoms with Crippen LogP contribution in [0.4, 0.5) is 34.1 Å². The molecule has 0 radical (unpaired) electrons. The van der Waals surface area contributed by atoms with Crippen LogP contribution in [0.5, 0.6) is 0 Å². The Morgan fingerprint density at radius 2 is 1.07 bits per heavy atom. The summed E-state index contributed by atoms with van der Waals surface area (Å²) in [5.41, 5.74) is 19.4. The topological polar surface area (TPSA) is 11.4 Å². The van der Waals surface area contributed by atoms with Crippen molar-refractivity contribution in [2.75, 3.05) is 9.80 Å². The molecule has 3 aliphatic rings. The minimum atomic E-state index is 0.0666. The van der Waals surface area contributed by atoms with E-state index in [4.69, 9.17) is 0 Å². The zero-order valence-electron chi connectivity index (χ0n) is 31.0. The van der Waals surface area contributed by atoms with Crippen LogP contribution in [0, 0.1) is 13.8 Å². The summed E-state index contributed by atoms with van der Waals surface area (Å²) in [6.07, 6.45) is 6.56. The highest BCUT2D eigenvalue weighted by molar-refractivity contribution is 7.00. The maximum atomic E-state index is 2.62. The largest absolute Gasteiger partial charge is 0.311 e. The van der Waals surface area contributed by atoms with Crippen molar-refractivity contribution < 1.29 is 0 Å². The lowest BCUT2D eigenvalue weighted by Crippen LogP contribution is -2.61. The summed E-state index contributed by atoms with van der Waals surface area (Å²) in [6.45, 7) is 4.57. The molecule has 0 spiro atoms. The van der Waals surface area contributed by atoms with Crippen LogP contribution in [0.1, 0.15) is 54.7 Å². The predicted octanol–water partition coefficient (Wildman–Crippen LogP) is 11.5. The first-order chi connectivity index (χ1) is 26.7. The van der Waals surface area contributed by atoms with Gasteiger partial charge in [0.05, 0.1) is 11.0 Å². The lowest BCUT2D eigenvalue weighted by Gasteiger charge is -2.45. The summed E-state index contributed by atoms with van der Waals surface area (Å²) < 4.78 is 2.48. The van der Waals surface area contributed by atoms with Gasteiger partial charge < -0.3 is 14.4 Å². The first kappa shape index (κ1) is 31.5. The fourth-order valence-corrected chi connectivity index (χ4v) is 10.1. The third-order valence-corrected chi connectivity index (χ3v) is 12.6. The van der Waals surface area contributed by atoms with Gasteiger partial charge in [0.2, 0.25) is 0 Å². The number of hydrogen-bond acceptors (Lipinski definition) is 2. The Balaban J connectivity index is 1.27. The monoisotopic (exact) mass is 695 g/mol. The standard InChI is InChI=1S/C50H42BN3/c1-33-16-9-12-23-42(33)53-45-29-28-36(35-18-5-3-6-19-35)30-40(45)51-41-32-48-39(38-22-11-14-25-44(38)52(48)37-20-7-4-8-21-37)31-49(41)54(43-24-13-10-17-34(43)2)47-27-15-26-46(53)50(47)51/h4,7-17,20-32,35H,3,5-6,18-19H2,1-2H3. The van der Waals surface area contributed by atoms with Gasteiger partial charge in [-0.1, -0.05) is 110 Å². The number of hydrogen-bond donors (Lipinski definition) is 0. The van der Waals surface area contributed by atoms with Crippen molar-refractivity contribution in [1.29, 1.82) is 0 Å². The molecule has 0 amide bonds. The maximum absolute atomic E-state index is 2.62. The molecule has 3 heterocycles. The third-order valence-electron chi connectivity index (χ3n) is 12.6. The van der Waals surface area contributed by atoms with E-state index < -0.39 is 0 Å². The summed E-state index contributed by atoms with van der Waals surface area (Å²) in [6, 6.07) is 57.2. The second kappa shape index (κ2) is 12.3. The Morgan fingerprint density at radius 3 is 1.80 bits per heavy atom. The van der Waals surface area contributed by atoms with Crippen molar-refractivity contribution in [2.24, 2.45) is 0 Å². The number of fused-ring (bicyclic) bond motifs is 7. The maximum Gasteiger partial charge on any atom is 0.252 e. The predicted molar refractivity (Wildman–Crippen MR) is 230 cm³/mol. The van der Waals surface area contributed by atoms with Crippen LogP contribution in [0.2, 0.25) is 0 Å². The lowest BCUT2D eigenvalue weighted by molar-refractivity contribution is 0.444. The first-order valence-electron chi connectivity index (χ1n) is 19.8. The van der Waals surface area contributed by atoms with E-state index >= 15 is 0 Å². The smallest absolute Gasteiger partial charge is 0.252 e. The highest BCUT2D eigenvalue weighted by Crippen LogP contribution is 2.47. The zero-order valence-corrected chi connectivity index (χ0v) is 31.0. The normalized spacial score (nSPS) is 15.0. The molecule has 1 fully saturated rings. The summed E-state index contributed by atoms with van der Waals surface area (Å²) in [7, 11) is 0. The SMILES string of the molecule is Cc1ccccc1N1c2ccc(C3CCCCC3)cc2B2c3cc4c(cc3N(c3ccccc3C)c3cccc1c32)c1ccccc1n4-c1ccccc1. The molecule has 260 valence electrons. The molecule has 3 nitrogen and oxygen atoms in total. The van der Waals surface area contributed by atoms with Crippen molar-refractivity contribution in [3.8, 4) is 5.69 Å². The minimum absolute atomic E-state index is 0.0666. The molecule has 2 aliphatic heterocycles. The number of aromatic nitrogens is 1.